The lowest BCUT2D eigenvalue weighted by Crippen LogP contribution is -2.33. The van der Waals surface area contributed by atoms with Gasteiger partial charge >= 0.3 is 0 Å². The maximum Gasteiger partial charge on any atom is 0.261 e. The van der Waals surface area contributed by atoms with Crippen molar-refractivity contribution in [1.82, 2.24) is 14.5 Å². The van der Waals surface area contributed by atoms with Gasteiger partial charge in [-0.25, -0.2) is 9.37 Å². The Labute approximate surface area is 148 Å². The zero-order valence-electron chi connectivity index (χ0n) is 13.4. The van der Waals surface area contributed by atoms with Crippen molar-refractivity contribution in [3.8, 4) is 0 Å². The normalized spacial score (nSPS) is 10.8. The average molecular weight is 360 g/mol. The molecular weight excluding hydrogens is 345 g/mol. The summed E-state index contributed by atoms with van der Waals surface area (Å²) in [5.74, 6) is -0.709. The van der Waals surface area contributed by atoms with Crippen LogP contribution >= 0.6 is 11.6 Å². The van der Waals surface area contributed by atoms with E-state index in [-0.39, 0.29) is 28.9 Å². The Balaban J connectivity index is 1.78. The molecule has 2 aromatic carbocycles. The minimum atomic E-state index is -0.463. The van der Waals surface area contributed by atoms with Crippen LogP contribution < -0.4 is 5.56 Å². The number of carbonyl (C=O) groups excluding carboxylic acids is 1. The monoisotopic (exact) mass is 359 g/mol. The second kappa shape index (κ2) is 7.03. The number of likely N-dealkylation sites (N-methyl/N-ethyl adjacent to an activating group) is 1. The topological polar surface area (TPSA) is 55.2 Å². The molecule has 0 atom stereocenters. The Morgan fingerprint density at radius 2 is 2.08 bits per heavy atom. The van der Waals surface area contributed by atoms with Crippen LogP contribution in [0.5, 0.6) is 0 Å². The zero-order chi connectivity index (χ0) is 18.0. The number of carbonyl (C=O) groups is 1. The molecule has 1 amide bonds. The molecule has 0 aliphatic carbocycles. The van der Waals surface area contributed by atoms with E-state index >= 15 is 0 Å². The number of benzene rings is 2. The summed E-state index contributed by atoms with van der Waals surface area (Å²) in [5, 5.41) is 0.870. The highest BCUT2D eigenvalue weighted by molar-refractivity contribution is 6.30. The molecule has 1 aromatic heterocycles. The minimum Gasteiger partial charge on any atom is -0.340 e. The fourth-order valence-corrected chi connectivity index (χ4v) is 2.72. The van der Waals surface area contributed by atoms with Crippen molar-refractivity contribution in [2.75, 3.05) is 7.05 Å². The molecule has 0 N–H and O–H groups in total. The summed E-state index contributed by atoms with van der Waals surface area (Å²) in [4.78, 5) is 30.4. The predicted molar refractivity (Wildman–Crippen MR) is 93.9 cm³/mol. The van der Waals surface area contributed by atoms with Crippen LogP contribution in [-0.2, 0) is 17.9 Å². The molecule has 0 saturated heterocycles. The van der Waals surface area contributed by atoms with E-state index in [0.29, 0.717) is 11.6 Å². The summed E-state index contributed by atoms with van der Waals surface area (Å²) in [7, 11) is 1.65. The molecule has 0 bridgehead atoms. The van der Waals surface area contributed by atoms with E-state index in [2.05, 4.69) is 4.98 Å². The quantitative estimate of drug-likeness (QED) is 0.719. The molecule has 0 aliphatic heterocycles. The highest BCUT2D eigenvalue weighted by Gasteiger charge is 2.13. The van der Waals surface area contributed by atoms with Gasteiger partial charge in [0.25, 0.3) is 5.56 Å². The van der Waals surface area contributed by atoms with Crippen molar-refractivity contribution in [3.63, 3.8) is 0 Å². The summed E-state index contributed by atoms with van der Waals surface area (Å²) in [6.07, 6.45) is 1.26. The van der Waals surface area contributed by atoms with Crippen molar-refractivity contribution in [2.45, 2.75) is 13.1 Å². The van der Waals surface area contributed by atoms with Gasteiger partial charge in [-0.15, -0.1) is 0 Å². The number of rotatable bonds is 4. The number of aromatic nitrogens is 2. The molecular formula is C18H15ClFN3O2. The number of hydrogen-bond donors (Lipinski definition) is 0. The van der Waals surface area contributed by atoms with E-state index in [9.17, 15) is 14.0 Å². The van der Waals surface area contributed by atoms with Crippen LogP contribution in [0.2, 0.25) is 5.02 Å². The first kappa shape index (κ1) is 17.1. The Morgan fingerprint density at radius 1 is 1.28 bits per heavy atom. The first-order chi connectivity index (χ1) is 11.9. The van der Waals surface area contributed by atoms with Gasteiger partial charge in [0.05, 0.1) is 17.2 Å². The molecule has 1 heterocycles. The largest absolute Gasteiger partial charge is 0.340 e. The number of hydrogen-bond acceptors (Lipinski definition) is 3. The van der Waals surface area contributed by atoms with Gasteiger partial charge in [-0.2, -0.15) is 0 Å². The van der Waals surface area contributed by atoms with Gasteiger partial charge in [0.15, 0.2) is 0 Å². The van der Waals surface area contributed by atoms with Gasteiger partial charge in [-0.3, -0.25) is 14.2 Å². The fraction of sp³-hybridized carbons (Fsp3) is 0.167. The maximum atomic E-state index is 13.2. The van der Waals surface area contributed by atoms with Crippen molar-refractivity contribution < 1.29 is 9.18 Å². The first-order valence-corrected chi connectivity index (χ1v) is 7.95. The van der Waals surface area contributed by atoms with E-state index in [0.717, 1.165) is 5.56 Å². The Hall–Kier alpha value is -2.73. The molecule has 0 saturated carbocycles. The smallest absolute Gasteiger partial charge is 0.261 e. The molecule has 0 unspecified atom stereocenters. The minimum absolute atomic E-state index is 0.143. The predicted octanol–water partition coefficient (Wildman–Crippen LogP) is 2.85. The summed E-state index contributed by atoms with van der Waals surface area (Å²) in [5.41, 5.74) is 0.776. The summed E-state index contributed by atoms with van der Waals surface area (Å²) in [6, 6.07) is 11.0. The van der Waals surface area contributed by atoms with Crippen molar-refractivity contribution in [1.29, 1.82) is 0 Å². The molecule has 128 valence electrons. The van der Waals surface area contributed by atoms with Crippen molar-refractivity contribution in [3.05, 3.63) is 75.5 Å². The van der Waals surface area contributed by atoms with Gasteiger partial charge < -0.3 is 4.90 Å². The van der Waals surface area contributed by atoms with E-state index in [1.54, 1.807) is 19.2 Å². The highest BCUT2D eigenvalue weighted by atomic mass is 35.5. The number of amides is 1. The molecule has 25 heavy (non-hydrogen) atoms. The van der Waals surface area contributed by atoms with E-state index < -0.39 is 5.82 Å². The van der Waals surface area contributed by atoms with Crippen LogP contribution in [0.4, 0.5) is 4.39 Å². The summed E-state index contributed by atoms with van der Waals surface area (Å²) >= 11 is 5.94. The molecule has 0 fully saturated rings. The first-order valence-electron chi connectivity index (χ1n) is 7.57. The molecule has 7 heteroatoms. The van der Waals surface area contributed by atoms with Gasteiger partial charge in [-0.05, 0) is 29.8 Å². The second-order valence-electron chi connectivity index (χ2n) is 5.72. The third kappa shape index (κ3) is 3.85. The zero-order valence-corrected chi connectivity index (χ0v) is 14.2. The van der Waals surface area contributed by atoms with E-state index in [1.165, 1.54) is 34.0 Å². The van der Waals surface area contributed by atoms with Crippen LogP contribution in [-0.4, -0.2) is 27.4 Å². The Kier molecular flexibility index (Phi) is 4.81. The number of halogens is 2. The van der Waals surface area contributed by atoms with Crippen molar-refractivity contribution >= 4 is 28.4 Å². The fourth-order valence-electron chi connectivity index (χ4n) is 2.51. The van der Waals surface area contributed by atoms with Crippen molar-refractivity contribution in [2.24, 2.45) is 0 Å². The lowest BCUT2D eigenvalue weighted by atomic mass is 10.2. The van der Waals surface area contributed by atoms with E-state index in [4.69, 9.17) is 11.6 Å². The van der Waals surface area contributed by atoms with Gasteiger partial charge in [0.2, 0.25) is 5.91 Å². The maximum absolute atomic E-state index is 13.2. The van der Waals surface area contributed by atoms with Gasteiger partial charge in [0, 0.05) is 24.7 Å². The Morgan fingerprint density at radius 3 is 2.84 bits per heavy atom. The second-order valence-corrected chi connectivity index (χ2v) is 6.16. The summed E-state index contributed by atoms with van der Waals surface area (Å²) < 4.78 is 14.4. The molecule has 3 aromatic rings. The van der Waals surface area contributed by atoms with Crippen LogP contribution in [0.25, 0.3) is 10.9 Å². The standard InChI is InChI=1S/C18H15ClFN3O2/c1-22(9-12-3-2-4-13(19)7-12)17(24)10-23-11-21-16-8-14(20)5-6-15(16)18(23)25/h2-8,11H,9-10H2,1H3. The average Bonchev–Trinajstić information content (AvgIpc) is 2.57. The molecule has 5 nitrogen and oxygen atoms in total. The lowest BCUT2D eigenvalue weighted by Gasteiger charge is -2.18. The number of nitrogens with zero attached hydrogens (tertiary/aromatic N) is 3. The molecule has 0 radical (unpaired) electrons. The number of fused-ring (bicyclic) bond motifs is 1. The van der Waals surface area contributed by atoms with Crippen LogP contribution in [0, 0.1) is 5.82 Å². The van der Waals surface area contributed by atoms with E-state index in [1.807, 2.05) is 12.1 Å². The summed E-state index contributed by atoms with van der Waals surface area (Å²) in [6.45, 7) is 0.233. The highest BCUT2D eigenvalue weighted by Crippen LogP contribution is 2.12. The third-order valence-electron chi connectivity index (χ3n) is 3.83. The van der Waals surface area contributed by atoms with Crippen LogP contribution in [0.15, 0.2) is 53.6 Å². The Bertz CT molecular complexity index is 1000. The van der Waals surface area contributed by atoms with Gasteiger partial charge in [-0.1, -0.05) is 23.7 Å². The molecule has 3 rings (SSSR count). The van der Waals surface area contributed by atoms with Crippen LogP contribution in [0.1, 0.15) is 5.56 Å². The molecule has 0 spiro atoms. The van der Waals surface area contributed by atoms with Gasteiger partial charge in [0.1, 0.15) is 12.4 Å². The third-order valence-corrected chi connectivity index (χ3v) is 4.06. The lowest BCUT2D eigenvalue weighted by molar-refractivity contribution is -0.131. The molecule has 0 aliphatic rings. The SMILES string of the molecule is CN(Cc1cccc(Cl)c1)C(=O)Cn1cnc2cc(F)ccc2c1=O. The van der Waals surface area contributed by atoms with Crippen LogP contribution in [0.3, 0.4) is 0 Å².